The number of hydrogen-bond donors (Lipinski definition) is 3. The predicted octanol–water partition coefficient (Wildman–Crippen LogP) is 4.47. The molecule has 3 N–H and O–H groups in total. The number of fused-ring (bicyclic) bond motifs is 1. The molecule has 0 spiro atoms. The van der Waals surface area contributed by atoms with E-state index in [1.54, 1.807) is 6.33 Å². The first kappa shape index (κ1) is 22.8. The molecule has 3 heterocycles. The molecule has 4 rings (SSSR count). The Labute approximate surface area is 168 Å². The third kappa shape index (κ3) is 4.91. The number of anilines is 3. The maximum Gasteiger partial charge on any atom is 0.232 e. The van der Waals surface area contributed by atoms with Gasteiger partial charge in [-0.1, -0.05) is 14.9 Å². The monoisotopic (exact) mass is 392 g/mol. The lowest BCUT2D eigenvalue weighted by atomic mass is 10.2. The van der Waals surface area contributed by atoms with Crippen LogP contribution in [0.15, 0.2) is 18.6 Å². The SMILES string of the molecule is C.C.CC(C)n1ccc(Nc2nc(N[C@@H](C)C3CC3)c3[nH]cnc3n2)n1.S. The van der Waals surface area contributed by atoms with Gasteiger partial charge in [-0.15, -0.1) is 0 Å². The number of nitrogens with zero attached hydrogens (tertiary/aromatic N) is 5. The zero-order chi connectivity index (χ0) is 16.7. The molecule has 3 aromatic rings. The number of hydrogen-bond acceptors (Lipinski definition) is 6. The van der Waals surface area contributed by atoms with Crippen LogP contribution in [-0.2, 0) is 0 Å². The van der Waals surface area contributed by atoms with Crippen molar-refractivity contribution in [2.24, 2.45) is 5.92 Å². The highest BCUT2D eigenvalue weighted by Gasteiger charge is 2.28. The lowest BCUT2D eigenvalue weighted by Gasteiger charge is -2.14. The molecule has 0 unspecified atom stereocenters. The second-order valence-electron chi connectivity index (χ2n) is 6.67. The molecule has 0 aliphatic heterocycles. The second kappa shape index (κ2) is 9.07. The number of aromatic amines is 1. The van der Waals surface area contributed by atoms with Crippen LogP contribution in [0.25, 0.3) is 11.2 Å². The highest BCUT2D eigenvalue weighted by atomic mass is 32.1. The van der Waals surface area contributed by atoms with Gasteiger partial charge in [0.15, 0.2) is 17.3 Å². The highest BCUT2D eigenvalue weighted by Crippen LogP contribution is 2.34. The van der Waals surface area contributed by atoms with Crippen molar-refractivity contribution in [3.8, 4) is 0 Å². The maximum absolute atomic E-state index is 4.62. The van der Waals surface area contributed by atoms with Crippen LogP contribution in [0.4, 0.5) is 17.6 Å². The number of nitrogens with one attached hydrogen (secondary N) is 3. The van der Waals surface area contributed by atoms with Crippen LogP contribution >= 0.6 is 13.5 Å². The van der Waals surface area contributed by atoms with E-state index in [1.165, 1.54) is 12.8 Å². The van der Waals surface area contributed by atoms with Crippen LogP contribution in [0.3, 0.4) is 0 Å². The number of aromatic nitrogens is 6. The molecule has 0 radical (unpaired) electrons. The lowest BCUT2D eigenvalue weighted by Crippen LogP contribution is -2.19. The summed E-state index contributed by atoms with van der Waals surface area (Å²) in [4.78, 5) is 16.5. The third-order valence-electron chi connectivity index (χ3n) is 4.36. The van der Waals surface area contributed by atoms with Gasteiger partial charge in [0, 0.05) is 24.3 Å². The van der Waals surface area contributed by atoms with E-state index >= 15 is 0 Å². The predicted molar refractivity (Wildman–Crippen MR) is 117 cm³/mol. The Morgan fingerprint density at radius 2 is 1.93 bits per heavy atom. The van der Waals surface area contributed by atoms with E-state index in [2.05, 4.69) is 56.4 Å². The Hall–Kier alpha value is -2.29. The van der Waals surface area contributed by atoms with Gasteiger partial charge < -0.3 is 15.6 Å². The van der Waals surface area contributed by atoms with Crippen LogP contribution < -0.4 is 10.6 Å². The Bertz CT molecular complexity index is 852. The molecule has 8 nitrogen and oxygen atoms in total. The molecule has 1 aliphatic rings. The lowest BCUT2D eigenvalue weighted by molar-refractivity contribution is 0.534. The number of rotatable bonds is 6. The summed E-state index contributed by atoms with van der Waals surface area (Å²) in [5, 5.41) is 11.1. The van der Waals surface area contributed by atoms with E-state index < -0.39 is 0 Å². The molecule has 0 saturated heterocycles. The Balaban J connectivity index is 0.00000121. The average Bonchev–Trinajstić information content (AvgIpc) is 3.10. The van der Waals surface area contributed by atoms with Crippen molar-refractivity contribution in [3.63, 3.8) is 0 Å². The molecule has 1 atom stereocenters. The topological polar surface area (TPSA) is 96.3 Å². The Kier molecular flexibility index (Phi) is 7.65. The first-order valence-corrected chi connectivity index (χ1v) is 8.40. The molecule has 1 aliphatic carbocycles. The fraction of sp³-hybridized carbons (Fsp3) is 0.556. The van der Waals surface area contributed by atoms with E-state index in [-0.39, 0.29) is 28.3 Å². The summed E-state index contributed by atoms with van der Waals surface area (Å²) < 4.78 is 1.89. The number of H-pyrrole nitrogens is 1. The van der Waals surface area contributed by atoms with Crippen molar-refractivity contribution in [1.29, 1.82) is 0 Å². The molecule has 3 aromatic heterocycles. The van der Waals surface area contributed by atoms with Gasteiger partial charge in [-0.05, 0) is 39.5 Å². The van der Waals surface area contributed by atoms with Gasteiger partial charge in [-0.3, -0.25) is 4.68 Å². The molecule has 1 saturated carbocycles. The zero-order valence-electron chi connectivity index (χ0n) is 14.6. The summed E-state index contributed by atoms with van der Waals surface area (Å²) in [6.45, 7) is 6.37. The Morgan fingerprint density at radius 3 is 2.56 bits per heavy atom. The van der Waals surface area contributed by atoms with Crippen molar-refractivity contribution in [1.82, 2.24) is 29.7 Å². The third-order valence-corrected chi connectivity index (χ3v) is 4.36. The van der Waals surface area contributed by atoms with Crippen LogP contribution in [0.2, 0.25) is 0 Å². The molecule has 9 heteroatoms. The van der Waals surface area contributed by atoms with Gasteiger partial charge in [0.25, 0.3) is 0 Å². The quantitative estimate of drug-likeness (QED) is 0.573. The van der Waals surface area contributed by atoms with Crippen LogP contribution in [-0.4, -0.2) is 35.8 Å². The normalized spacial score (nSPS) is 14.1. The van der Waals surface area contributed by atoms with Gasteiger partial charge in [0.1, 0.15) is 5.52 Å². The minimum atomic E-state index is 0. The van der Waals surface area contributed by atoms with Gasteiger partial charge >= 0.3 is 0 Å². The summed E-state index contributed by atoms with van der Waals surface area (Å²) in [6.07, 6.45) is 6.14. The van der Waals surface area contributed by atoms with Crippen molar-refractivity contribution >= 4 is 42.2 Å². The highest BCUT2D eigenvalue weighted by molar-refractivity contribution is 7.59. The fourth-order valence-corrected chi connectivity index (χ4v) is 2.73. The van der Waals surface area contributed by atoms with E-state index in [0.717, 1.165) is 23.1 Å². The molecular formula is C18H32N8S. The first-order valence-electron chi connectivity index (χ1n) is 8.40. The average molecular weight is 393 g/mol. The van der Waals surface area contributed by atoms with E-state index in [0.29, 0.717) is 23.7 Å². The van der Waals surface area contributed by atoms with Gasteiger partial charge in [0.05, 0.1) is 6.33 Å². The minimum Gasteiger partial charge on any atom is -0.365 e. The largest absolute Gasteiger partial charge is 0.365 e. The standard InChI is InChI=1S/C16H22N8.2CH4.H2S/c1-9(2)24-7-6-12(23-24)20-16-21-14-13(17-8-18-14)15(22-16)19-10(3)11-4-5-11;;;/h6-11H,4-5H2,1-3H3,(H3,17,18,19,20,21,22,23);2*1H4;1H2/t10-;;;/m0.../s1. The van der Waals surface area contributed by atoms with Gasteiger partial charge in [-0.25, -0.2) is 4.98 Å². The summed E-state index contributed by atoms with van der Waals surface area (Å²) in [6, 6.07) is 2.61. The summed E-state index contributed by atoms with van der Waals surface area (Å²) in [7, 11) is 0. The van der Waals surface area contributed by atoms with Gasteiger partial charge in [0.2, 0.25) is 5.95 Å². The maximum atomic E-state index is 4.62. The van der Waals surface area contributed by atoms with Crippen molar-refractivity contribution in [2.75, 3.05) is 10.6 Å². The smallest absolute Gasteiger partial charge is 0.232 e. The van der Waals surface area contributed by atoms with Gasteiger partial charge in [-0.2, -0.15) is 28.6 Å². The second-order valence-corrected chi connectivity index (χ2v) is 6.67. The summed E-state index contributed by atoms with van der Waals surface area (Å²) >= 11 is 0. The summed E-state index contributed by atoms with van der Waals surface area (Å²) in [5.41, 5.74) is 1.47. The van der Waals surface area contributed by atoms with Crippen LogP contribution in [0, 0.1) is 5.92 Å². The molecule has 0 aromatic carbocycles. The molecule has 27 heavy (non-hydrogen) atoms. The first-order chi connectivity index (χ1) is 11.6. The molecular weight excluding hydrogens is 360 g/mol. The molecule has 1 fully saturated rings. The van der Waals surface area contributed by atoms with Crippen molar-refractivity contribution in [2.45, 2.75) is 60.5 Å². The zero-order valence-corrected chi connectivity index (χ0v) is 15.6. The molecule has 150 valence electrons. The summed E-state index contributed by atoms with van der Waals surface area (Å²) in [5.74, 6) is 2.73. The minimum absolute atomic E-state index is 0. The fourth-order valence-electron chi connectivity index (χ4n) is 2.73. The van der Waals surface area contributed by atoms with Crippen molar-refractivity contribution < 1.29 is 0 Å². The van der Waals surface area contributed by atoms with Crippen molar-refractivity contribution in [3.05, 3.63) is 18.6 Å². The van der Waals surface area contributed by atoms with E-state index in [1.807, 2.05) is 16.9 Å². The molecule has 0 amide bonds. The van der Waals surface area contributed by atoms with Crippen LogP contribution in [0.5, 0.6) is 0 Å². The number of imidazole rings is 1. The van der Waals surface area contributed by atoms with Crippen LogP contribution in [0.1, 0.15) is 54.5 Å². The van der Waals surface area contributed by atoms with E-state index in [9.17, 15) is 0 Å². The van der Waals surface area contributed by atoms with E-state index in [4.69, 9.17) is 0 Å². The molecule has 0 bridgehead atoms. The Morgan fingerprint density at radius 1 is 1.19 bits per heavy atom.